The van der Waals surface area contributed by atoms with Crippen molar-refractivity contribution in [3.8, 4) is 11.5 Å². The van der Waals surface area contributed by atoms with Crippen LogP contribution in [0.2, 0.25) is 0 Å². The molecule has 0 bridgehead atoms. The lowest BCUT2D eigenvalue weighted by atomic mass is 10.1. The van der Waals surface area contributed by atoms with Gasteiger partial charge in [0.05, 0.1) is 13.2 Å². The van der Waals surface area contributed by atoms with Gasteiger partial charge in [-0.3, -0.25) is 0 Å². The maximum absolute atomic E-state index is 5.83. The molecule has 2 N–H and O–H groups in total. The number of hydrogen-bond donors (Lipinski definition) is 1. The van der Waals surface area contributed by atoms with E-state index in [1.807, 2.05) is 25.1 Å². The Morgan fingerprint density at radius 1 is 1.26 bits per heavy atom. The highest BCUT2D eigenvalue weighted by Gasteiger charge is 2.09. The third-order valence-corrected chi connectivity index (χ3v) is 3.07. The maximum Gasteiger partial charge on any atom is 0.161 e. The number of ether oxygens (including phenoxy) is 2. The molecular formula is C15H23NO2S. The smallest absolute Gasteiger partial charge is 0.161 e. The van der Waals surface area contributed by atoms with Crippen molar-refractivity contribution in [2.24, 2.45) is 11.7 Å². The number of hydrogen-bond acceptors (Lipinski definition) is 3. The molecule has 0 radical (unpaired) electrons. The molecule has 0 saturated heterocycles. The van der Waals surface area contributed by atoms with E-state index in [2.05, 4.69) is 13.8 Å². The fourth-order valence-corrected chi connectivity index (χ4v) is 1.98. The lowest BCUT2D eigenvalue weighted by Crippen LogP contribution is -2.12. The molecule has 4 heteroatoms. The molecular weight excluding hydrogens is 258 g/mol. The molecule has 106 valence electrons. The average Bonchev–Trinajstić information content (AvgIpc) is 2.37. The fraction of sp³-hybridized carbons (Fsp3) is 0.533. The molecule has 1 aromatic rings. The highest BCUT2D eigenvalue weighted by molar-refractivity contribution is 7.80. The topological polar surface area (TPSA) is 44.5 Å². The van der Waals surface area contributed by atoms with Crippen LogP contribution in [0, 0.1) is 5.92 Å². The zero-order valence-corrected chi connectivity index (χ0v) is 12.8. The summed E-state index contributed by atoms with van der Waals surface area (Å²) < 4.78 is 11.4. The van der Waals surface area contributed by atoms with Crippen molar-refractivity contribution in [1.29, 1.82) is 0 Å². The van der Waals surface area contributed by atoms with Crippen molar-refractivity contribution < 1.29 is 9.47 Å². The summed E-state index contributed by atoms with van der Waals surface area (Å²) in [5.74, 6) is 2.00. The van der Waals surface area contributed by atoms with E-state index >= 15 is 0 Å². The molecule has 1 atom stereocenters. The molecule has 0 heterocycles. The minimum absolute atomic E-state index is 0.367. The van der Waals surface area contributed by atoms with Gasteiger partial charge < -0.3 is 15.2 Å². The van der Waals surface area contributed by atoms with Gasteiger partial charge in [0.15, 0.2) is 11.5 Å². The van der Waals surface area contributed by atoms with Gasteiger partial charge in [-0.05, 0) is 37.5 Å². The molecule has 3 nitrogen and oxygen atoms in total. The van der Waals surface area contributed by atoms with Crippen LogP contribution in [0.4, 0.5) is 0 Å². The summed E-state index contributed by atoms with van der Waals surface area (Å²) in [6.07, 6.45) is 2.33. The van der Waals surface area contributed by atoms with Crippen molar-refractivity contribution in [1.82, 2.24) is 0 Å². The van der Waals surface area contributed by atoms with Crippen molar-refractivity contribution in [3.63, 3.8) is 0 Å². The minimum atomic E-state index is 0.367. The van der Waals surface area contributed by atoms with E-state index in [4.69, 9.17) is 27.4 Å². The van der Waals surface area contributed by atoms with Gasteiger partial charge in [0.25, 0.3) is 0 Å². The normalized spacial score (nSPS) is 11.9. The molecule has 0 fully saturated rings. The van der Waals surface area contributed by atoms with Crippen LogP contribution in [0.15, 0.2) is 18.2 Å². The second-order valence-corrected chi connectivity index (χ2v) is 5.10. The molecule has 0 aliphatic rings. The maximum atomic E-state index is 5.83. The van der Waals surface area contributed by atoms with Crippen molar-refractivity contribution in [2.75, 3.05) is 13.2 Å². The molecule has 0 aliphatic heterocycles. The van der Waals surface area contributed by atoms with Crippen molar-refractivity contribution in [3.05, 3.63) is 23.8 Å². The van der Waals surface area contributed by atoms with Crippen LogP contribution in [-0.4, -0.2) is 18.2 Å². The highest BCUT2D eigenvalue weighted by Crippen LogP contribution is 2.29. The van der Waals surface area contributed by atoms with Crippen LogP contribution in [0.3, 0.4) is 0 Å². The quantitative estimate of drug-likeness (QED) is 0.740. The van der Waals surface area contributed by atoms with E-state index in [9.17, 15) is 0 Å². The van der Waals surface area contributed by atoms with E-state index in [-0.39, 0.29) is 0 Å². The molecule has 1 unspecified atom stereocenters. The second kappa shape index (κ2) is 8.00. The van der Waals surface area contributed by atoms with E-state index in [0.29, 0.717) is 29.9 Å². The third kappa shape index (κ3) is 5.07. The third-order valence-electron chi connectivity index (χ3n) is 2.83. The van der Waals surface area contributed by atoms with Crippen molar-refractivity contribution >= 4 is 17.2 Å². The molecule has 0 spiro atoms. The lowest BCUT2D eigenvalue weighted by Gasteiger charge is -2.16. The predicted octanol–water partition coefficient (Wildman–Crippen LogP) is 3.53. The second-order valence-electron chi connectivity index (χ2n) is 4.66. The summed E-state index contributed by atoms with van der Waals surface area (Å²) in [6, 6.07) is 5.58. The predicted molar refractivity (Wildman–Crippen MR) is 83.1 cm³/mol. The highest BCUT2D eigenvalue weighted by atomic mass is 32.1. The van der Waals surface area contributed by atoms with Gasteiger partial charge in [0.2, 0.25) is 0 Å². The van der Waals surface area contributed by atoms with Gasteiger partial charge in [0, 0.05) is 5.56 Å². The largest absolute Gasteiger partial charge is 0.490 e. The monoisotopic (exact) mass is 281 g/mol. The van der Waals surface area contributed by atoms with E-state index in [1.54, 1.807) is 0 Å². The molecule has 1 aromatic carbocycles. The minimum Gasteiger partial charge on any atom is -0.490 e. The first-order chi connectivity index (χ1) is 9.08. The lowest BCUT2D eigenvalue weighted by molar-refractivity contribution is 0.234. The SMILES string of the molecule is CCCC(C)COc1ccc(C(N)=S)cc1OCC. The van der Waals surface area contributed by atoms with Crippen LogP contribution < -0.4 is 15.2 Å². The first-order valence-electron chi connectivity index (χ1n) is 6.77. The van der Waals surface area contributed by atoms with E-state index in [0.717, 1.165) is 17.7 Å². The van der Waals surface area contributed by atoms with Gasteiger partial charge >= 0.3 is 0 Å². The standard InChI is InChI=1S/C15H23NO2S/c1-4-6-11(3)10-18-13-8-7-12(15(16)19)9-14(13)17-5-2/h7-9,11H,4-6,10H2,1-3H3,(H2,16,19). The number of benzene rings is 1. The zero-order chi connectivity index (χ0) is 14.3. The first kappa shape index (κ1) is 15.8. The Labute approximate surface area is 121 Å². The number of rotatable bonds is 8. The Morgan fingerprint density at radius 2 is 2.00 bits per heavy atom. The van der Waals surface area contributed by atoms with Gasteiger partial charge in [-0.15, -0.1) is 0 Å². The number of nitrogens with two attached hydrogens (primary N) is 1. The summed E-state index contributed by atoms with van der Waals surface area (Å²) >= 11 is 4.97. The van der Waals surface area contributed by atoms with Gasteiger partial charge in [0.1, 0.15) is 4.99 Å². The summed E-state index contributed by atoms with van der Waals surface area (Å²) in [4.78, 5) is 0.367. The van der Waals surface area contributed by atoms with Gasteiger partial charge in [-0.25, -0.2) is 0 Å². The van der Waals surface area contributed by atoms with Crippen LogP contribution in [0.5, 0.6) is 11.5 Å². The molecule has 0 amide bonds. The first-order valence-corrected chi connectivity index (χ1v) is 7.18. The summed E-state index contributed by atoms with van der Waals surface area (Å²) in [5.41, 5.74) is 6.42. The Kier molecular flexibility index (Phi) is 6.64. The van der Waals surface area contributed by atoms with Crippen LogP contribution in [0.25, 0.3) is 0 Å². The Morgan fingerprint density at radius 3 is 2.58 bits per heavy atom. The summed E-state index contributed by atoms with van der Waals surface area (Å²) in [5, 5.41) is 0. The summed E-state index contributed by atoms with van der Waals surface area (Å²) in [7, 11) is 0. The molecule has 19 heavy (non-hydrogen) atoms. The van der Waals surface area contributed by atoms with Gasteiger partial charge in [-0.1, -0.05) is 32.5 Å². The fourth-order valence-electron chi connectivity index (χ4n) is 1.86. The molecule has 1 rings (SSSR count). The van der Waals surface area contributed by atoms with Crippen LogP contribution >= 0.6 is 12.2 Å². The van der Waals surface area contributed by atoms with E-state index in [1.165, 1.54) is 6.42 Å². The van der Waals surface area contributed by atoms with Gasteiger partial charge in [-0.2, -0.15) is 0 Å². The van der Waals surface area contributed by atoms with Crippen LogP contribution in [0.1, 0.15) is 39.2 Å². The Hall–Kier alpha value is -1.29. The summed E-state index contributed by atoms with van der Waals surface area (Å²) in [6.45, 7) is 7.59. The molecule has 0 aliphatic carbocycles. The zero-order valence-electron chi connectivity index (χ0n) is 11.9. The van der Waals surface area contributed by atoms with E-state index < -0.39 is 0 Å². The van der Waals surface area contributed by atoms with Crippen LogP contribution in [-0.2, 0) is 0 Å². The average molecular weight is 281 g/mol. The number of thiocarbonyl (C=S) groups is 1. The Bertz CT molecular complexity index is 421. The molecule has 0 saturated carbocycles. The Balaban J connectivity index is 2.78. The van der Waals surface area contributed by atoms with Crippen molar-refractivity contribution in [2.45, 2.75) is 33.6 Å². The molecule has 0 aromatic heterocycles.